The van der Waals surface area contributed by atoms with Crippen LogP contribution in [-0.2, 0) is 0 Å². The van der Waals surface area contributed by atoms with Crippen molar-refractivity contribution in [3.05, 3.63) is 72.6 Å². The first-order valence-electron chi connectivity index (χ1n) is 7.05. The van der Waals surface area contributed by atoms with Crippen molar-refractivity contribution in [3.8, 4) is 0 Å². The molecule has 1 N–H and O–H groups in total. The van der Waals surface area contributed by atoms with Crippen LogP contribution in [0.15, 0.2) is 35.3 Å². The van der Waals surface area contributed by atoms with Crippen molar-refractivity contribution in [2.75, 3.05) is 0 Å². The van der Waals surface area contributed by atoms with Crippen LogP contribution >= 0.6 is 11.3 Å². The second-order valence-corrected chi connectivity index (χ2v) is 6.17. The zero-order valence-electron chi connectivity index (χ0n) is 12.9. The molecular weight excluding hydrogens is 346 g/mol. The number of thiazole rings is 1. The predicted octanol–water partition coefficient (Wildman–Crippen LogP) is 2.84. The van der Waals surface area contributed by atoms with Crippen LogP contribution in [-0.4, -0.2) is 25.4 Å². The van der Waals surface area contributed by atoms with Crippen molar-refractivity contribution < 1.29 is 14.8 Å². The predicted molar refractivity (Wildman–Crippen MR) is 93.1 cm³/mol. The van der Waals surface area contributed by atoms with Gasteiger partial charge in [-0.15, -0.1) is 0 Å². The van der Waals surface area contributed by atoms with E-state index >= 15 is 0 Å². The maximum atomic E-state index is 12.4. The normalized spacial score (nSPS) is 11.2. The number of benzene rings is 1. The van der Waals surface area contributed by atoms with Crippen molar-refractivity contribution >= 4 is 40.1 Å². The molecule has 3 aromatic rings. The Morgan fingerprint density at radius 1 is 1.40 bits per heavy atom. The summed E-state index contributed by atoms with van der Waals surface area (Å²) in [6.07, 6.45) is 4.44. The zero-order valence-corrected chi connectivity index (χ0v) is 13.7. The van der Waals surface area contributed by atoms with E-state index in [4.69, 9.17) is 5.11 Å². The third-order valence-electron chi connectivity index (χ3n) is 3.52. The number of aromatic nitrogens is 2. The number of nitro groups is 1. The number of non-ortho nitro benzene ring substituents is 1. The molecule has 3 rings (SSSR count). The smallest absolute Gasteiger partial charge is 0.347 e. The number of nitrogens with zero attached hydrogens (tertiary/aromatic N) is 3. The highest BCUT2D eigenvalue weighted by Gasteiger charge is 2.14. The fraction of sp³-hybridized carbons (Fsp3) is 0.0625. The lowest BCUT2D eigenvalue weighted by atomic mass is 10.1. The Bertz CT molecular complexity index is 1100. The molecular formula is C16H11N3O5S. The minimum Gasteiger partial charge on any atom is -0.477 e. The minimum atomic E-state index is -1.12. The van der Waals surface area contributed by atoms with Crippen LogP contribution in [0.3, 0.4) is 0 Å². The van der Waals surface area contributed by atoms with Gasteiger partial charge in [-0.2, -0.15) is 0 Å². The molecule has 1 aromatic carbocycles. The van der Waals surface area contributed by atoms with Gasteiger partial charge in [-0.1, -0.05) is 29.5 Å². The van der Waals surface area contributed by atoms with Crippen molar-refractivity contribution in [2.24, 2.45) is 0 Å². The Labute approximate surface area is 144 Å². The third-order valence-corrected chi connectivity index (χ3v) is 4.49. The Hall–Kier alpha value is -3.33. The molecule has 0 fully saturated rings. The molecule has 9 heteroatoms. The SMILES string of the molecule is Cc1c(C=Cc2cccc([N+](=O)[O-])c2)nc2sc(C(=O)O)cn2c1=O. The lowest BCUT2D eigenvalue weighted by Gasteiger charge is -2.00. The number of carboxylic acid groups (broad SMARTS) is 1. The fourth-order valence-electron chi connectivity index (χ4n) is 2.22. The van der Waals surface area contributed by atoms with Gasteiger partial charge in [-0.3, -0.25) is 19.3 Å². The molecule has 0 radical (unpaired) electrons. The van der Waals surface area contributed by atoms with Crippen LogP contribution in [0, 0.1) is 17.0 Å². The van der Waals surface area contributed by atoms with Gasteiger partial charge in [0.25, 0.3) is 11.2 Å². The largest absolute Gasteiger partial charge is 0.477 e. The van der Waals surface area contributed by atoms with E-state index in [1.807, 2.05) is 0 Å². The zero-order chi connectivity index (χ0) is 18.1. The minimum absolute atomic E-state index is 0.0174. The Morgan fingerprint density at radius 2 is 2.16 bits per heavy atom. The molecule has 0 spiro atoms. The van der Waals surface area contributed by atoms with Crippen LogP contribution in [0.2, 0.25) is 0 Å². The standard InChI is InChI=1S/C16H11N3O5S/c1-9-12(6-5-10-3-2-4-11(7-10)19(23)24)17-16-18(14(9)20)8-13(25-16)15(21)22/h2-8H,1H3,(H,21,22). The average molecular weight is 357 g/mol. The number of carboxylic acids is 1. The van der Waals surface area contributed by atoms with Crippen LogP contribution in [0.25, 0.3) is 17.1 Å². The molecule has 0 amide bonds. The lowest BCUT2D eigenvalue weighted by molar-refractivity contribution is -0.384. The van der Waals surface area contributed by atoms with E-state index in [9.17, 15) is 19.7 Å². The number of aromatic carboxylic acids is 1. The number of hydrogen-bond acceptors (Lipinski definition) is 6. The molecule has 0 saturated heterocycles. The molecule has 0 aliphatic rings. The Kier molecular flexibility index (Phi) is 4.15. The highest BCUT2D eigenvalue weighted by Crippen LogP contribution is 2.18. The van der Waals surface area contributed by atoms with Gasteiger partial charge in [0.05, 0.1) is 10.6 Å². The Balaban J connectivity index is 2.05. The number of rotatable bonds is 4. The summed E-state index contributed by atoms with van der Waals surface area (Å²) in [5.74, 6) is -1.12. The van der Waals surface area contributed by atoms with Crippen LogP contribution in [0.5, 0.6) is 0 Å². The lowest BCUT2D eigenvalue weighted by Crippen LogP contribution is -2.17. The molecule has 2 heterocycles. The van der Waals surface area contributed by atoms with Gasteiger partial charge >= 0.3 is 5.97 Å². The van der Waals surface area contributed by atoms with E-state index in [1.54, 1.807) is 31.2 Å². The molecule has 8 nitrogen and oxygen atoms in total. The van der Waals surface area contributed by atoms with Gasteiger partial charge < -0.3 is 5.11 Å². The summed E-state index contributed by atoms with van der Waals surface area (Å²) < 4.78 is 1.20. The van der Waals surface area contributed by atoms with E-state index in [-0.39, 0.29) is 21.1 Å². The van der Waals surface area contributed by atoms with Gasteiger partial charge in [0.15, 0.2) is 4.96 Å². The highest BCUT2D eigenvalue weighted by molar-refractivity contribution is 7.18. The summed E-state index contributed by atoms with van der Waals surface area (Å²) in [6, 6.07) is 6.05. The van der Waals surface area contributed by atoms with E-state index in [1.165, 1.54) is 22.7 Å². The van der Waals surface area contributed by atoms with Gasteiger partial charge in [-0.05, 0) is 18.6 Å². The van der Waals surface area contributed by atoms with E-state index in [0.717, 1.165) is 11.3 Å². The summed E-state index contributed by atoms with van der Waals surface area (Å²) in [6.45, 7) is 1.59. The Morgan fingerprint density at radius 3 is 2.84 bits per heavy atom. The van der Waals surface area contributed by atoms with Crippen molar-refractivity contribution in [1.29, 1.82) is 0 Å². The first-order valence-corrected chi connectivity index (χ1v) is 7.87. The molecule has 0 aliphatic heterocycles. The highest BCUT2D eigenvalue weighted by atomic mass is 32.1. The molecule has 0 saturated carbocycles. The van der Waals surface area contributed by atoms with Gasteiger partial charge in [0.1, 0.15) is 4.88 Å². The number of fused-ring (bicyclic) bond motifs is 1. The van der Waals surface area contributed by atoms with E-state index in [0.29, 0.717) is 16.8 Å². The molecule has 0 bridgehead atoms. The number of nitro benzene ring substituents is 1. The summed E-state index contributed by atoms with van der Waals surface area (Å²) in [4.78, 5) is 38.3. The molecule has 0 aliphatic carbocycles. The third kappa shape index (κ3) is 3.17. The van der Waals surface area contributed by atoms with Crippen LogP contribution in [0.1, 0.15) is 26.5 Å². The van der Waals surface area contributed by atoms with E-state index in [2.05, 4.69) is 4.98 Å². The van der Waals surface area contributed by atoms with Gasteiger partial charge in [0, 0.05) is 23.9 Å². The molecule has 25 heavy (non-hydrogen) atoms. The maximum Gasteiger partial charge on any atom is 0.347 e. The topological polar surface area (TPSA) is 115 Å². The van der Waals surface area contributed by atoms with Gasteiger partial charge in [0.2, 0.25) is 0 Å². The molecule has 126 valence electrons. The van der Waals surface area contributed by atoms with Crippen molar-refractivity contribution in [3.63, 3.8) is 0 Å². The summed E-state index contributed by atoms with van der Waals surface area (Å²) >= 11 is 0.900. The second kappa shape index (κ2) is 6.29. The maximum absolute atomic E-state index is 12.4. The molecule has 0 unspecified atom stereocenters. The number of carbonyl (C=O) groups is 1. The number of hydrogen-bond donors (Lipinski definition) is 1. The van der Waals surface area contributed by atoms with Crippen molar-refractivity contribution in [1.82, 2.24) is 9.38 Å². The summed E-state index contributed by atoms with van der Waals surface area (Å²) in [7, 11) is 0. The summed E-state index contributed by atoms with van der Waals surface area (Å²) in [5, 5.41) is 19.8. The average Bonchev–Trinajstić information content (AvgIpc) is 3.01. The summed E-state index contributed by atoms with van der Waals surface area (Å²) in [5.41, 5.74) is 0.941. The van der Waals surface area contributed by atoms with Crippen LogP contribution < -0.4 is 5.56 Å². The quantitative estimate of drug-likeness (QED) is 0.567. The molecule has 0 atom stereocenters. The van der Waals surface area contributed by atoms with E-state index < -0.39 is 10.9 Å². The second-order valence-electron chi connectivity index (χ2n) is 5.17. The first kappa shape index (κ1) is 16.5. The monoisotopic (exact) mass is 357 g/mol. The fourth-order valence-corrected chi connectivity index (χ4v) is 3.04. The van der Waals surface area contributed by atoms with Crippen molar-refractivity contribution in [2.45, 2.75) is 6.92 Å². The molecule has 2 aromatic heterocycles. The van der Waals surface area contributed by atoms with Crippen LogP contribution in [0.4, 0.5) is 5.69 Å². The van der Waals surface area contributed by atoms with Gasteiger partial charge in [-0.25, -0.2) is 9.78 Å². The first-order chi connectivity index (χ1) is 11.9.